The third-order valence-electron chi connectivity index (χ3n) is 3.13. The molecule has 0 unspecified atom stereocenters. The third kappa shape index (κ3) is 2.96. The Labute approximate surface area is 117 Å². The monoisotopic (exact) mass is 273 g/mol. The molecule has 1 N–H and O–H groups in total. The van der Waals surface area contributed by atoms with Crippen molar-refractivity contribution in [1.82, 2.24) is 0 Å². The lowest BCUT2D eigenvalue weighted by Gasteiger charge is -2.25. The average Bonchev–Trinajstić information content (AvgIpc) is 2.46. The summed E-state index contributed by atoms with van der Waals surface area (Å²) in [4.78, 5) is 13.0. The number of hydrogen-bond acceptors (Lipinski definition) is 2. The van der Waals surface area contributed by atoms with Gasteiger partial charge in [-0.25, -0.2) is 9.18 Å². The second-order valence-corrected chi connectivity index (χ2v) is 4.44. The highest BCUT2D eigenvalue weighted by Crippen LogP contribution is 2.26. The zero-order chi connectivity index (χ0) is 14.5. The number of carboxylic acid groups (broad SMARTS) is 1. The molecule has 0 aliphatic heterocycles. The number of anilines is 1. The molecule has 2 aromatic carbocycles. The van der Waals surface area contributed by atoms with Crippen LogP contribution in [-0.4, -0.2) is 17.6 Å². The van der Waals surface area contributed by atoms with Crippen molar-refractivity contribution in [2.75, 3.05) is 11.4 Å². The number of para-hydroxylation sites is 1. The van der Waals surface area contributed by atoms with Crippen LogP contribution in [-0.2, 0) is 6.54 Å². The molecule has 0 saturated heterocycles. The molecule has 0 spiro atoms. The van der Waals surface area contributed by atoms with E-state index in [1.54, 1.807) is 4.90 Å². The van der Waals surface area contributed by atoms with E-state index in [2.05, 4.69) is 0 Å². The summed E-state index contributed by atoms with van der Waals surface area (Å²) < 4.78 is 14.0. The number of carboxylic acids is 1. The molecule has 0 aliphatic rings. The van der Waals surface area contributed by atoms with Gasteiger partial charge in [-0.1, -0.05) is 36.4 Å². The average molecular weight is 273 g/mol. The number of rotatable bonds is 5. The topological polar surface area (TPSA) is 40.5 Å². The summed E-state index contributed by atoms with van der Waals surface area (Å²) in [7, 11) is 0. The van der Waals surface area contributed by atoms with Crippen LogP contribution in [0, 0.1) is 5.82 Å². The van der Waals surface area contributed by atoms with Gasteiger partial charge in [-0.05, 0) is 24.6 Å². The quantitative estimate of drug-likeness (QED) is 0.905. The third-order valence-corrected chi connectivity index (χ3v) is 3.13. The molecule has 0 radical (unpaired) electrons. The Hall–Kier alpha value is -2.36. The Morgan fingerprint density at radius 1 is 1.15 bits per heavy atom. The van der Waals surface area contributed by atoms with Crippen molar-refractivity contribution < 1.29 is 14.3 Å². The molecule has 0 amide bonds. The summed E-state index contributed by atoms with van der Waals surface area (Å²) in [5.41, 5.74) is 1.14. The van der Waals surface area contributed by atoms with Gasteiger partial charge in [0.05, 0.1) is 11.3 Å². The van der Waals surface area contributed by atoms with Crippen LogP contribution < -0.4 is 4.90 Å². The van der Waals surface area contributed by atoms with Crippen LogP contribution in [0.15, 0.2) is 48.5 Å². The van der Waals surface area contributed by atoms with Gasteiger partial charge in [0.25, 0.3) is 0 Å². The lowest BCUT2D eigenvalue weighted by atomic mass is 10.1. The number of benzene rings is 2. The van der Waals surface area contributed by atoms with E-state index in [4.69, 9.17) is 0 Å². The molecule has 0 aliphatic carbocycles. The molecule has 3 nitrogen and oxygen atoms in total. The molecule has 0 aromatic heterocycles. The minimum atomic E-state index is -1.12. The first-order chi connectivity index (χ1) is 9.63. The fourth-order valence-electron chi connectivity index (χ4n) is 2.16. The Morgan fingerprint density at radius 3 is 2.45 bits per heavy atom. The van der Waals surface area contributed by atoms with Gasteiger partial charge in [-0.2, -0.15) is 0 Å². The van der Waals surface area contributed by atoms with Crippen molar-refractivity contribution >= 4 is 11.7 Å². The predicted molar refractivity (Wildman–Crippen MR) is 76.5 cm³/mol. The van der Waals surface area contributed by atoms with Gasteiger partial charge in [-0.3, -0.25) is 0 Å². The molecule has 20 heavy (non-hydrogen) atoms. The molecular weight excluding hydrogens is 257 g/mol. The van der Waals surface area contributed by atoms with E-state index in [9.17, 15) is 14.3 Å². The zero-order valence-electron chi connectivity index (χ0n) is 11.2. The van der Waals surface area contributed by atoms with Crippen molar-refractivity contribution in [2.24, 2.45) is 0 Å². The highest BCUT2D eigenvalue weighted by atomic mass is 19.1. The first-order valence-corrected chi connectivity index (χ1v) is 6.44. The van der Waals surface area contributed by atoms with Gasteiger partial charge in [0.1, 0.15) is 5.82 Å². The second-order valence-electron chi connectivity index (χ2n) is 4.44. The normalized spacial score (nSPS) is 10.3. The summed E-state index contributed by atoms with van der Waals surface area (Å²) in [6.45, 7) is 2.87. The summed E-state index contributed by atoms with van der Waals surface area (Å²) in [5, 5.41) is 9.21. The SMILES string of the molecule is CCN(Cc1ccccc1)c1c(F)cccc1C(=O)O. The van der Waals surface area contributed by atoms with Crippen molar-refractivity contribution in [2.45, 2.75) is 13.5 Å². The van der Waals surface area contributed by atoms with Crippen LogP contribution in [0.25, 0.3) is 0 Å². The highest BCUT2D eigenvalue weighted by Gasteiger charge is 2.19. The van der Waals surface area contributed by atoms with E-state index < -0.39 is 11.8 Å². The Kier molecular flexibility index (Phi) is 4.35. The van der Waals surface area contributed by atoms with E-state index in [1.165, 1.54) is 18.2 Å². The molecule has 0 heterocycles. The van der Waals surface area contributed by atoms with Crippen LogP contribution in [0.5, 0.6) is 0 Å². The molecule has 2 aromatic rings. The number of halogens is 1. The van der Waals surface area contributed by atoms with Crippen molar-refractivity contribution in [3.8, 4) is 0 Å². The molecule has 0 fully saturated rings. The lowest BCUT2D eigenvalue weighted by Crippen LogP contribution is -2.25. The van der Waals surface area contributed by atoms with Gasteiger partial charge >= 0.3 is 5.97 Å². The van der Waals surface area contributed by atoms with Gasteiger partial charge in [0, 0.05) is 13.1 Å². The Balaban J connectivity index is 2.39. The molecule has 0 atom stereocenters. The van der Waals surface area contributed by atoms with Crippen LogP contribution in [0.4, 0.5) is 10.1 Å². The summed E-state index contributed by atoms with van der Waals surface area (Å²) in [6, 6.07) is 13.7. The summed E-state index contributed by atoms with van der Waals surface area (Å²) >= 11 is 0. The van der Waals surface area contributed by atoms with E-state index >= 15 is 0 Å². The fourth-order valence-corrected chi connectivity index (χ4v) is 2.16. The fraction of sp³-hybridized carbons (Fsp3) is 0.188. The van der Waals surface area contributed by atoms with Gasteiger partial charge in [0.15, 0.2) is 0 Å². The Morgan fingerprint density at radius 2 is 1.85 bits per heavy atom. The van der Waals surface area contributed by atoms with Gasteiger partial charge in [0.2, 0.25) is 0 Å². The van der Waals surface area contributed by atoms with E-state index in [-0.39, 0.29) is 11.3 Å². The second kappa shape index (κ2) is 6.19. The van der Waals surface area contributed by atoms with Gasteiger partial charge < -0.3 is 10.0 Å². The molecule has 2 rings (SSSR count). The smallest absolute Gasteiger partial charge is 0.337 e. The number of aromatic carboxylic acids is 1. The first kappa shape index (κ1) is 14.1. The Bertz CT molecular complexity index is 599. The standard InChI is InChI=1S/C16H16FNO2/c1-2-18(11-12-7-4-3-5-8-12)15-13(16(19)20)9-6-10-14(15)17/h3-10H,2,11H2,1H3,(H,19,20). The first-order valence-electron chi connectivity index (χ1n) is 6.44. The molecule has 0 saturated carbocycles. The highest BCUT2D eigenvalue weighted by molar-refractivity contribution is 5.94. The number of carbonyl (C=O) groups is 1. The number of hydrogen-bond donors (Lipinski definition) is 1. The summed E-state index contributed by atoms with van der Waals surface area (Å²) in [5.74, 6) is -1.63. The maximum Gasteiger partial charge on any atom is 0.337 e. The van der Waals surface area contributed by atoms with Crippen LogP contribution in [0.2, 0.25) is 0 Å². The summed E-state index contributed by atoms with van der Waals surface area (Å²) in [6.07, 6.45) is 0. The van der Waals surface area contributed by atoms with Crippen molar-refractivity contribution in [3.63, 3.8) is 0 Å². The van der Waals surface area contributed by atoms with Gasteiger partial charge in [-0.15, -0.1) is 0 Å². The van der Waals surface area contributed by atoms with Crippen LogP contribution >= 0.6 is 0 Å². The van der Waals surface area contributed by atoms with Crippen LogP contribution in [0.1, 0.15) is 22.8 Å². The number of nitrogens with zero attached hydrogens (tertiary/aromatic N) is 1. The maximum absolute atomic E-state index is 14.0. The lowest BCUT2D eigenvalue weighted by molar-refractivity contribution is 0.0697. The maximum atomic E-state index is 14.0. The van der Waals surface area contributed by atoms with Crippen molar-refractivity contribution in [3.05, 3.63) is 65.5 Å². The van der Waals surface area contributed by atoms with E-state index in [0.717, 1.165) is 5.56 Å². The van der Waals surface area contributed by atoms with Crippen LogP contribution in [0.3, 0.4) is 0 Å². The molecule has 4 heteroatoms. The largest absolute Gasteiger partial charge is 0.478 e. The van der Waals surface area contributed by atoms with E-state index in [0.29, 0.717) is 13.1 Å². The van der Waals surface area contributed by atoms with Crippen molar-refractivity contribution in [1.29, 1.82) is 0 Å². The minimum absolute atomic E-state index is 0.0113. The molecule has 104 valence electrons. The minimum Gasteiger partial charge on any atom is -0.478 e. The predicted octanol–water partition coefficient (Wildman–Crippen LogP) is 3.55. The van der Waals surface area contributed by atoms with E-state index in [1.807, 2.05) is 37.3 Å². The molecular formula is C16H16FNO2. The molecule has 0 bridgehead atoms. The zero-order valence-corrected chi connectivity index (χ0v) is 11.2.